The zero-order valence-electron chi connectivity index (χ0n) is 12.6. The van der Waals surface area contributed by atoms with E-state index in [1.165, 1.54) is 0 Å². The lowest BCUT2D eigenvalue weighted by molar-refractivity contribution is -0.146. The van der Waals surface area contributed by atoms with E-state index in [0.717, 1.165) is 11.1 Å². The van der Waals surface area contributed by atoms with E-state index in [2.05, 4.69) is 5.32 Å². The van der Waals surface area contributed by atoms with Crippen molar-refractivity contribution in [2.45, 2.75) is 27.7 Å². The van der Waals surface area contributed by atoms with E-state index in [1.54, 1.807) is 26.0 Å². The third-order valence-corrected chi connectivity index (χ3v) is 3.68. The first-order chi connectivity index (χ1) is 9.63. The van der Waals surface area contributed by atoms with Crippen LogP contribution >= 0.6 is 11.6 Å². The molecule has 1 rings (SSSR count). The Morgan fingerprint density at radius 3 is 2.29 bits per heavy atom. The maximum Gasteiger partial charge on any atom is 0.310 e. The van der Waals surface area contributed by atoms with Gasteiger partial charge < -0.3 is 15.2 Å². The van der Waals surface area contributed by atoms with E-state index in [9.17, 15) is 9.59 Å². The highest BCUT2D eigenvalue weighted by molar-refractivity contribution is 6.32. The van der Waals surface area contributed by atoms with Crippen molar-refractivity contribution in [3.63, 3.8) is 0 Å². The third-order valence-electron chi connectivity index (χ3n) is 3.09. The largest absolute Gasteiger partial charge is 0.484 e. The number of rotatable bonds is 6. The minimum Gasteiger partial charge on any atom is -0.484 e. The van der Waals surface area contributed by atoms with Gasteiger partial charge in [-0.05, 0) is 51.0 Å². The maximum atomic E-state index is 11.7. The molecule has 0 aliphatic heterocycles. The third kappa shape index (κ3) is 4.93. The smallest absolute Gasteiger partial charge is 0.310 e. The summed E-state index contributed by atoms with van der Waals surface area (Å²) in [5, 5.41) is 12.2. The summed E-state index contributed by atoms with van der Waals surface area (Å²) in [6.45, 7) is 6.68. The van der Waals surface area contributed by atoms with E-state index in [0.29, 0.717) is 10.8 Å². The van der Waals surface area contributed by atoms with Crippen molar-refractivity contribution in [2.24, 2.45) is 5.41 Å². The van der Waals surface area contributed by atoms with Crippen LogP contribution in [0.1, 0.15) is 25.0 Å². The van der Waals surface area contributed by atoms with Gasteiger partial charge in [-0.3, -0.25) is 9.59 Å². The van der Waals surface area contributed by atoms with Gasteiger partial charge in [0.15, 0.2) is 6.61 Å². The molecular weight excluding hydrogens is 294 g/mol. The van der Waals surface area contributed by atoms with Crippen molar-refractivity contribution >= 4 is 23.5 Å². The minimum atomic E-state index is -1.01. The van der Waals surface area contributed by atoms with Crippen LogP contribution in [0.25, 0.3) is 0 Å². The molecule has 0 spiro atoms. The molecule has 2 N–H and O–H groups in total. The summed E-state index contributed by atoms with van der Waals surface area (Å²) in [5.74, 6) is -0.774. The predicted molar refractivity (Wildman–Crippen MR) is 80.8 cm³/mol. The van der Waals surface area contributed by atoms with Crippen LogP contribution in [-0.2, 0) is 9.59 Å². The molecule has 116 valence electrons. The number of carboxylic acids is 1. The SMILES string of the molecule is Cc1cc(OCC(=O)NCC(C)(C)C(=O)O)cc(C)c1Cl. The Balaban J connectivity index is 2.53. The van der Waals surface area contributed by atoms with Gasteiger partial charge in [0.1, 0.15) is 5.75 Å². The number of hydrogen-bond donors (Lipinski definition) is 2. The number of carbonyl (C=O) groups is 2. The van der Waals surface area contributed by atoms with Gasteiger partial charge in [0.2, 0.25) is 0 Å². The number of nitrogens with one attached hydrogen (secondary N) is 1. The van der Waals surface area contributed by atoms with Crippen LogP contribution in [0.3, 0.4) is 0 Å². The second kappa shape index (κ2) is 6.80. The molecule has 5 nitrogen and oxygen atoms in total. The summed E-state index contributed by atoms with van der Waals surface area (Å²) in [5.41, 5.74) is 0.738. The monoisotopic (exact) mass is 313 g/mol. The van der Waals surface area contributed by atoms with Crippen LogP contribution in [0, 0.1) is 19.3 Å². The summed E-state index contributed by atoms with van der Waals surface area (Å²) in [6.07, 6.45) is 0. The Morgan fingerprint density at radius 2 is 1.81 bits per heavy atom. The molecule has 0 saturated carbocycles. The molecule has 0 fully saturated rings. The Labute approximate surface area is 129 Å². The second-order valence-electron chi connectivity index (χ2n) is 5.63. The van der Waals surface area contributed by atoms with Crippen LogP contribution in [0.4, 0.5) is 0 Å². The van der Waals surface area contributed by atoms with Crippen molar-refractivity contribution in [1.29, 1.82) is 0 Å². The number of ether oxygens (including phenoxy) is 1. The Kier molecular flexibility index (Phi) is 5.61. The van der Waals surface area contributed by atoms with Gasteiger partial charge in [-0.2, -0.15) is 0 Å². The number of aliphatic carboxylic acids is 1. The molecule has 0 saturated heterocycles. The van der Waals surface area contributed by atoms with Gasteiger partial charge in [0.05, 0.1) is 5.41 Å². The summed E-state index contributed by atoms with van der Waals surface area (Å²) < 4.78 is 5.39. The molecule has 1 aromatic carbocycles. The topological polar surface area (TPSA) is 75.6 Å². The first-order valence-corrected chi connectivity index (χ1v) is 6.91. The fourth-order valence-electron chi connectivity index (χ4n) is 1.58. The highest BCUT2D eigenvalue weighted by Gasteiger charge is 2.27. The quantitative estimate of drug-likeness (QED) is 0.846. The first-order valence-electron chi connectivity index (χ1n) is 6.53. The average molecular weight is 314 g/mol. The fraction of sp³-hybridized carbons (Fsp3) is 0.467. The lowest BCUT2D eigenvalue weighted by atomic mass is 9.94. The molecule has 1 aromatic rings. The van der Waals surface area contributed by atoms with Gasteiger partial charge in [-0.25, -0.2) is 0 Å². The van der Waals surface area contributed by atoms with Crippen molar-refractivity contribution in [3.05, 3.63) is 28.3 Å². The van der Waals surface area contributed by atoms with Gasteiger partial charge >= 0.3 is 5.97 Å². The Bertz CT molecular complexity index is 532. The van der Waals surface area contributed by atoms with Crippen LogP contribution < -0.4 is 10.1 Å². The van der Waals surface area contributed by atoms with Crippen LogP contribution in [0.15, 0.2) is 12.1 Å². The molecule has 0 atom stereocenters. The predicted octanol–water partition coefficient (Wildman–Crippen LogP) is 2.56. The van der Waals surface area contributed by atoms with Crippen molar-refractivity contribution < 1.29 is 19.4 Å². The summed E-state index contributed by atoms with van der Waals surface area (Å²) in [6, 6.07) is 3.51. The van der Waals surface area contributed by atoms with E-state index in [1.807, 2.05) is 13.8 Å². The molecule has 0 aliphatic carbocycles. The standard InChI is InChI=1S/C15H20ClNO4/c1-9-5-11(6-10(2)13(9)16)21-7-12(18)17-8-15(3,4)14(19)20/h5-6H,7-8H2,1-4H3,(H,17,18)(H,19,20). The van der Waals surface area contributed by atoms with Crippen LogP contribution in [0.2, 0.25) is 5.02 Å². The van der Waals surface area contributed by atoms with Gasteiger partial charge in [0.25, 0.3) is 5.91 Å². The number of aryl methyl sites for hydroxylation is 2. The summed E-state index contributed by atoms with van der Waals surface area (Å²) >= 11 is 6.05. The minimum absolute atomic E-state index is 0.0448. The van der Waals surface area contributed by atoms with Gasteiger partial charge in [0, 0.05) is 11.6 Å². The summed E-state index contributed by atoms with van der Waals surface area (Å²) in [4.78, 5) is 22.6. The van der Waals surface area contributed by atoms with Gasteiger partial charge in [-0.1, -0.05) is 11.6 Å². The molecule has 0 radical (unpaired) electrons. The Hall–Kier alpha value is -1.75. The van der Waals surface area contributed by atoms with Crippen LogP contribution in [-0.4, -0.2) is 30.1 Å². The molecule has 6 heteroatoms. The molecule has 21 heavy (non-hydrogen) atoms. The average Bonchev–Trinajstić information content (AvgIpc) is 2.40. The van der Waals surface area contributed by atoms with Crippen LogP contribution in [0.5, 0.6) is 5.75 Å². The molecule has 1 amide bonds. The lowest BCUT2D eigenvalue weighted by Gasteiger charge is -2.19. The lowest BCUT2D eigenvalue weighted by Crippen LogP contribution is -2.40. The maximum absolute atomic E-state index is 11.7. The number of carbonyl (C=O) groups excluding carboxylic acids is 1. The first kappa shape index (κ1) is 17.3. The number of hydrogen-bond acceptors (Lipinski definition) is 3. The molecule has 0 aliphatic rings. The highest BCUT2D eigenvalue weighted by atomic mass is 35.5. The molecule has 0 unspecified atom stereocenters. The van der Waals surface area contributed by atoms with Crippen molar-refractivity contribution in [2.75, 3.05) is 13.2 Å². The van der Waals surface area contributed by atoms with E-state index in [4.69, 9.17) is 21.4 Å². The van der Waals surface area contributed by atoms with E-state index in [-0.39, 0.29) is 19.1 Å². The van der Waals surface area contributed by atoms with Crippen molar-refractivity contribution in [1.82, 2.24) is 5.32 Å². The summed E-state index contributed by atoms with van der Waals surface area (Å²) in [7, 11) is 0. The van der Waals surface area contributed by atoms with E-state index >= 15 is 0 Å². The molecular formula is C15H20ClNO4. The molecule has 0 bridgehead atoms. The normalized spacial score (nSPS) is 11.1. The Morgan fingerprint density at radius 1 is 1.29 bits per heavy atom. The molecule has 0 aromatic heterocycles. The number of benzene rings is 1. The van der Waals surface area contributed by atoms with Gasteiger partial charge in [-0.15, -0.1) is 0 Å². The number of amides is 1. The zero-order valence-corrected chi connectivity index (χ0v) is 13.4. The fourth-order valence-corrected chi connectivity index (χ4v) is 1.69. The van der Waals surface area contributed by atoms with Crippen molar-refractivity contribution in [3.8, 4) is 5.75 Å². The van der Waals surface area contributed by atoms with E-state index < -0.39 is 11.4 Å². The number of carboxylic acid groups (broad SMARTS) is 1. The molecule has 0 heterocycles. The second-order valence-corrected chi connectivity index (χ2v) is 6.00. The highest BCUT2D eigenvalue weighted by Crippen LogP contribution is 2.25. The number of halogens is 1. The zero-order chi connectivity index (χ0) is 16.2.